The summed E-state index contributed by atoms with van der Waals surface area (Å²) in [4.78, 5) is 4.34. The minimum atomic E-state index is -2.48. The smallest absolute Gasteiger partial charge is 0.264 e. The molecule has 2 rings (SSSR count). The van der Waals surface area contributed by atoms with Gasteiger partial charge in [0.1, 0.15) is 0 Å². The predicted molar refractivity (Wildman–Crippen MR) is 70.0 cm³/mol. The van der Waals surface area contributed by atoms with Crippen LogP contribution < -0.4 is 0 Å². The third-order valence-corrected chi connectivity index (χ3v) is 4.43. The maximum Gasteiger partial charge on any atom is 0.264 e. The zero-order chi connectivity index (χ0) is 13.3. The van der Waals surface area contributed by atoms with Crippen LogP contribution in [0.4, 0.5) is 8.78 Å². The van der Waals surface area contributed by atoms with Crippen LogP contribution >= 0.6 is 0 Å². The largest absolute Gasteiger partial charge is 0.306 e. The Morgan fingerprint density at radius 3 is 2.39 bits per heavy atom. The second-order valence-electron chi connectivity index (χ2n) is 6.55. The molecule has 106 valence electrons. The van der Waals surface area contributed by atoms with E-state index < -0.39 is 11.8 Å². The van der Waals surface area contributed by atoms with Crippen LogP contribution in [-0.2, 0) is 0 Å². The molecule has 2 aliphatic heterocycles. The van der Waals surface area contributed by atoms with Gasteiger partial charge in [0.05, 0.1) is 6.54 Å². The second-order valence-corrected chi connectivity index (χ2v) is 6.55. The molecule has 0 aromatic rings. The normalized spacial score (nSPS) is 31.3. The van der Waals surface area contributed by atoms with Gasteiger partial charge in [-0.3, -0.25) is 4.90 Å². The number of halogens is 2. The van der Waals surface area contributed by atoms with Crippen molar-refractivity contribution in [2.45, 2.75) is 45.1 Å². The Labute approximate surface area is 109 Å². The molecule has 0 spiro atoms. The van der Waals surface area contributed by atoms with Crippen LogP contribution in [-0.4, -0.2) is 55.0 Å². The number of alkyl halides is 2. The molecule has 0 bridgehead atoms. The Morgan fingerprint density at radius 2 is 1.83 bits per heavy atom. The molecule has 2 aliphatic rings. The van der Waals surface area contributed by atoms with Crippen LogP contribution in [0.15, 0.2) is 0 Å². The SMILES string of the molecule is CC(C)CC1CN(C2CCN(C)CC2)CC1(F)F. The fourth-order valence-corrected chi connectivity index (χ4v) is 3.34. The standard InChI is InChI=1S/C14H26F2N2/c1-11(2)8-12-9-18(10-14(12,15)16)13-4-6-17(3)7-5-13/h11-13H,4-10H2,1-3H3. The summed E-state index contributed by atoms with van der Waals surface area (Å²) in [5.74, 6) is -2.55. The van der Waals surface area contributed by atoms with E-state index in [2.05, 4.69) is 16.8 Å². The molecule has 0 aliphatic carbocycles. The monoisotopic (exact) mass is 260 g/mol. The van der Waals surface area contributed by atoms with Gasteiger partial charge in [-0.1, -0.05) is 13.8 Å². The lowest BCUT2D eigenvalue weighted by Gasteiger charge is -2.34. The average Bonchev–Trinajstić information content (AvgIpc) is 2.54. The maximum absolute atomic E-state index is 14.0. The van der Waals surface area contributed by atoms with E-state index in [0.29, 0.717) is 24.9 Å². The van der Waals surface area contributed by atoms with Gasteiger partial charge in [-0.05, 0) is 45.3 Å². The summed E-state index contributed by atoms with van der Waals surface area (Å²) in [5, 5.41) is 0. The highest BCUT2D eigenvalue weighted by molar-refractivity contribution is 4.94. The van der Waals surface area contributed by atoms with Crippen molar-refractivity contribution in [3.8, 4) is 0 Å². The molecule has 0 saturated carbocycles. The number of rotatable bonds is 3. The first-order valence-electron chi connectivity index (χ1n) is 7.19. The van der Waals surface area contributed by atoms with Gasteiger partial charge >= 0.3 is 0 Å². The first-order chi connectivity index (χ1) is 8.38. The number of hydrogen-bond acceptors (Lipinski definition) is 2. The minimum Gasteiger partial charge on any atom is -0.306 e. The topological polar surface area (TPSA) is 6.48 Å². The highest BCUT2D eigenvalue weighted by atomic mass is 19.3. The number of likely N-dealkylation sites (tertiary alicyclic amines) is 2. The molecule has 0 aromatic carbocycles. The van der Waals surface area contributed by atoms with Crippen molar-refractivity contribution in [1.29, 1.82) is 0 Å². The van der Waals surface area contributed by atoms with Gasteiger partial charge in [-0.2, -0.15) is 0 Å². The van der Waals surface area contributed by atoms with Gasteiger partial charge in [0.15, 0.2) is 0 Å². The van der Waals surface area contributed by atoms with Crippen molar-refractivity contribution >= 4 is 0 Å². The molecule has 4 heteroatoms. The van der Waals surface area contributed by atoms with Crippen LogP contribution in [0.5, 0.6) is 0 Å². The molecule has 0 amide bonds. The summed E-state index contributed by atoms with van der Waals surface area (Å²) in [6.45, 7) is 6.74. The molecule has 2 fully saturated rings. The molecule has 2 heterocycles. The fraction of sp³-hybridized carbons (Fsp3) is 1.00. The van der Waals surface area contributed by atoms with Crippen molar-refractivity contribution < 1.29 is 8.78 Å². The lowest BCUT2D eigenvalue weighted by atomic mass is 9.94. The van der Waals surface area contributed by atoms with Crippen LogP contribution in [0.2, 0.25) is 0 Å². The molecule has 0 N–H and O–H groups in total. The third kappa shape index (κ3) is 3.21. The summed E-state index contributed by atoms with van der Waals surface area (Å²) in [6.07, 6.45) is 2.73. The van der Waals surface area contributed by atoms with Crippen molar-refractivity contribution in [3.63, 3.8) is 0 Å². The lowest BCUT2D eigenvalue weighted by Crippen LogP contribution is -2.43. The first kappa shape index (κ1) is 14.2. The Kier molecular flexibility index (Phi) is 4.27. The summed E-state index contributed by atoms with van der Waals surface area (Å²) in [6, 6.07) is 0.379. The van der Waals surface area contributed by atoms with Crippen LogP contribution in [0.3, 0.4) is 0 Å². The van der Waals surface area contributed by atoms with E-state index in [9.17, 15) is 8.78 Å². The molecule has 18 heavy (non-hydrogen) atoms. The molecule has 2 nitrogen and oxygen atoms in total. The molecule has 2 saturated heterocycles. The van der Waals surface area contributed by atoms with E-state index in [1.165, 1.54) is 0 Å². The van der Waals surface area contributed by atoms with E-state index in [-0.39, 0.29) is 6.54 Å². The molecule has 1 unspecified atom stereocenters. The maximum atomic E-state index is 14.0. The molecule has 0 aromatic heterocycles. The van der Waals surface area contributed by atoms with E-state index in [1.54, 1.807) is 0 Å². The number of nitrogens with zero attached hydrogens (tertiary/aromatic N) is 2. The predicted octanol–water partition coefficient (Wildman–Crippen LogP) is 2.69. The minimum absolute atomic E-state index is 0.0151. The zero-order valence-corrected chi connectivity index (χ0v) is 11.8. The summed E-state index contributed by atoms with van der Waals surface area (Å²) in [5.41, 5.74) is 0. The first-order valence-corrected chi connectivity index (χ1v) is 7.19. The Morgan fingerprint density at radius 1 is 1.22 bits per heavy atom. The zero-order valence-electron chi connectivity index (χ0n) is 11.8. The highest BCUT2D eigenvalue weighted by Gasteiger charge is 2.49. The molecule has 1 atom stereocenters. The van der Waals surface area contributed by atoms with Gasteiger partial charge in [-0.25, -0.2) is 8.78 Å². The van der Waals surface area contributed by atoms with E-state index in [4.69, 9.17) is 0 Å². The molecular weight excluding hydrogens is 234 g/mol. The quantitative estimate of drug-likeness (QED) is 0.770. The van der Waals surface area contributed by atoms with Crippen LogP contribution in [0, 0.1) is 11.8 Å². The van der Waals surface area contributed by atoms with Crippen LogP contribution in [0.25, 0.3) is 0 Å². The van der Waals surface area contributed by atoms with Crippen molar-refractivity contribution in [2.24, 2.45) is 11.8 Å². The summed E-state index contributed by atoms with van der Waals surface area (Å²) < 4.78 is 28.0. The van der Waals surface area contributed by atoms with Gasteiger partial charge in [0.2, 0.25) is 0 Å². The third-order valence-electron chi connectivity index (χ3n) is 4.43. The van der Waals surface area contributed by atoms with Gasteiger partial charge in [0, 0.05) is 18.5 Å². The second kappa shape index (κ2) is 5.41. The molecule has 0 radical (unpaired) electrons. The Hall–Kier alpha value is -0.220. The van der Waals surface area contributed by atoms with E-state index >= 15 is 0 Å². The Balaban J connectivity index is 1.92. The summed E-state index contributed by atoms with van der Waals surface area (Å²) >= 11 is 0. The van der Waals surface area contributed by atoms with E-state index in [1.807, 2.05) is 13.8 Å². The molecular formula is C14H26F2N2. The van der Waals surface area contributed by atoms with Crippen molar-refractivity contribution in [2.75, 3.05) is 33.2 Å². The van der Waals surface area contributed by atoms with Crippen LogP contribution in [0.1, 0.15) is 33.1 Å². The fourth-order valence-electron chi connectivity index (χ4n) is 3.34. The van der Waals surface area contributed by atoms with Crippen molar-refractivity contribution in [1.82, 2.24) is 9.80 Å². The van der Waals surface area contributed by atoms with Gasteiger partial charge < -0.3 is 4.90 Å². The van der Waals surface area contributed by atoms with Gasteiger partial charge in [0.25, 0.3) is 5.92 Å². The van der Waals surface area contributed by atoms with Crippen molar-refractivity contribution in [3.05, 3.63) is 0 Å². The average molecular weight is 260 g/mol. The lowest BCUT2D eigenvalue weighted by molar-refractivity contribution is -0.0356. The van der Waals surface area contributed by atoms with E-state index in [0.717, 1.165) is 25.9 Å². The highest BCUT2D eigenvalue weighted by Crippen LogP contribution is 2.38. The number of piperidine rings is 1. The summed E-state index contributed by atoms with van der Waals surface area (Å²) in [7, 11) is 2.11. The van der Waals surface area contributed by atoms with Gasteiger partial charge in [-0.15, -0.1) is 0 Å². The Bertz CT molecular complexity index is 273. The number of hydrogen-bond donors (Lipinski definition) is 0.